The number of hydrogen-bond acceptors (Lipinski definition) is 5. The van der Waals surface area contributed by atoms with Gasteiger partial charge in [0.1, 0.15) is 6.35 Å². The Labute approximate surface area is 202 Å². The van der Waals surface area contributed by atoms with Crippen LogP contribution in [0.25, 0.3) is 0 Å². The Kier molecular flexibility index (Phi) is 23.3. The van der Waals surface area contributed by atoms with E-state index in [0.717, 1.165) is 19.3 Å². The summed E-state index contributed by atoms with van der Waals surface area (Å²) in [7, 11) is 1.52. The molecule has 0 aromatic rings. The van der Waals surface area contributed by atoms with Gasteiger partial charge in [-0.2, -0.15) is 0 Å². The van der Waals surface area contributed by atoms with Crippen LogP contribution in [0, 0.1) is 0 Å². The predicted octanol–water partition coefficient (Wildman–Crippen LogP) is 6.46. The molecule has 0 fully saturated rings. The zero-order chi connectivity index (χ0) is 24.6. The van der Waals surface area contributed by atoms with Crippen molar-refractivity contribution in [1.82, 2.24) is 0 Å². The van der Waals surface area contributed by atoms with Crippen LogP contribution in [0.3, 0.4) is 0 Å². The highest BCUT2D eigenvalue weighted by Crippen LogP contribution is 2.42. The minimum absolute atomic E-state index is 0.0642. The monoisotopic (exact) mass is 492 g/mol. The molecular formula is C24H47BFO6P. The van der Waals surface area contributed by atoms with Crippen LogP contribution in [0.4, 0.5) is 4.39 Å². The van der Waals surface area contributed by atoms with Gasteiger partial charge in [-0.25, -0.2) is 4.39 Å². The third kappa shape index (κ3) is 24.7. The Morgan fingerprint density at radius 3 is 1.94 bits per heavy atom. The van der Waals surface area contributed by atoms with Gasteiger partial charge in [-0.1, -0.05) is 76.6 Å². The molecule has 0 aromatic heterocycles. The molecule has 6 nitrogen and oxygen atoms in total. The number of rotatable bonds is 25. The predicted molar refractivity (Wildman–Crippen MR) is 133 cm³/mol. The van der Waals surface area contributed by atoms with E-state index in [1.807, 2.05) is 0 Å². The molecule has 0 spiro atoms. The van der Waals surface area contributed by atoms with Crippen molar-refractivity contribution in [3.63, 3.8) is 0 Å². The van der Waals surface area contributed by atoms with Crippen molar-refractivity contribution < 1.29 is 33.0 Å². The zero-order valence-electron chi connectivity index (χ0n) is 20.7. The van der Waals surface area contributed by atoms with E-state index in [2.05, 4.69) is 0 Å². The van der Waals surface area contributed by atoms with Crippen LogP contribution in [-0.2, 0) is 18.6 Å². The molecule has 0 saturated heterocycles. The summed E-state index contributed by atoms with van der Waals surface area (Å²) in [5, 5.41) is 8.94. The molecule has 0 aliphatic carbocycles. The second kappa shape index (κ2) is 23.5. The maximum Gasteiger partial charge on any atom is 0.353 e. The first kappa shape index (κ1) is 32.8. The fourth-order valence-corrected chi connectivity index (χ4v) is 4.21. The van der Waals surface area contributed by atoms with Crippen LogP contribution in [0.1, 0.15) is 96.8 Å². The second-order valence-electron chi connectivity index (χ2n) is 8.59. The number of ether oxygens (including phenoxy) is 2. The Morgan fingerprint density at radius 2 is 1.42 bits per heavy atom. The molecule has 0 aromatic carbocycles. The maximum absolute atomic E-state index is 12.5. The minimum Gasteiger partial charge on any atom is -0.394 e. The Hall–Kier alpha value is -0.235. The summed E-state index contributed by atoms with van der Waals surface area (Å²) in [5.41, 5.74) is 0. The largest absolute Gasteiger partial charge is 0.394 e. The molecule has 0 bridgehead atoms. The third-order valence-corrected chi connectivity index (χ3v) is 6.40. The maximum atomic E-state index is 12.5. The summed E-state index contributed by atoms with van der Waals surface area (Å²) in [6.07, 6.45) is 16.8. The molecule has 0 amide bonds. The molecule has 0 aliphatic rings. The van der Waals surface area contributed by atoms with Crippen molar-refractivity contribution in [3.05, 3.63) is 11.9 Å². The molecule has 0 saturated carbocycles. The fourth-order valence-electron chi connectivity index (χ4n) is 3.32. The average molecular weight is 492 g/mol. The Morgan fingerprint density at radius 1 is 0.909 bits per heavy atom. The van der Waals surface area contributed by atoms with Crippen molar-refractivity contribution in [2.75, 3.05) is 32.8 Å². The summed E-state index contributed by atoms with van der Waals surface area (Å²) < 4.78 is 39.9. The van der Waals surface area contributed by atoms with Crippen LogP contribution in [-0.4, -0.2) is 56.7 Å². The summed E-state index contributed by atoms with van der Waals surface area (Å²) >= 11 is 0. The first-order chi connectivity index (χ1) is 15.9. The quantitative estimate of drug-likeness (QED) is 0.0864. The van der Waals surface area contributed by atoms with Gasteiger partial charge in [-0.3, -0.25) is 4.57 Å². The summed E-state index contributed by atoms with van der Waals surface area (Å²) in [4.78, 5) is 9.65. The Bertz CT molecular complexity index is 501. The van der Waals surface area contributed by atoms with Crippen molar-refractivity contribution >= 4 is 15.4 Å². The van der Waals surface area contributed by atoms with Crippen LogP contribution >= 0.6 is 7.60 Å². The lowest BCUT2D eigenvalue weighted by Crippen LogP contribution is -2.18. The number of unbranched alkanes of at least 4 members (excludes halogenated alkanes) is 12. The number of allylic oxidation sites excluding steroid dienone is 2. The van der Waals surface area contributed by atoms with Gasteiger partial charge in [0.15, 0.2) is 0 Å². The molecule has 0 rings (SSSR count). The van der Waals surface area contributed by atoms with E-state index >= 15 is 0 Å². The lowest BCUT2D eigenvalue weighted by Gasteiger charge is -2.17. The van der Waals surface area contributed by atoms with Gasteiger partial charge in [0.05, 0.1) is 33.0 Å². The van der Waals surface area contributed by atoms with Gasteiger partial charge in [0.2, 0.25) is 0 Å². The first-order valence-electron chi connectivity index (χ1n) is 12.7. The van der Waals surface area contributed by atoms with E-state index in [-0.39, 0.29) is 25.4 Å². The molecule has 33 heavy (non-hydrogen) atoms. The number of halogens is 1. The van der Waals surface area contributed by atoms with E-state index in [1.165, 1.54) is 71.1 Å². The van der Waals surface area contributed by atoms with Crippen molar-refractivity contribution in [3.8, 4) is 0 Å². The number of aliphatic hydroxyl groups excluding tert-OH is 1. The Balaban J connectivity index is 3.28. The molecule has 2 N–H and O–H groups in total. The second-order valence-corrected chi connectivity index (χ2v) is 10.4. The van der Waals surface area contributed by atoms with Crippen LogP contribution in [0.5, 0.6) is 0 Å². The van der Waals surface area contributed by atoms with E-state index in [9.17, 15) is 13.8 Å². The molecular weight excluding hydrogens is 445 g/mol. The van der Waals surface area contributed by atoms with Gasteiger partial charge in [0.25, 0.3) is 0 Å². The number of aliphatic hydroxyl groups is 1. The van der Waals surface area contributed by atoms with Gasteiger partial charge in [-0.05, 0) is 32.6 Å². The summed E-state index contributed by atoms with van der Waals surface area (Å²) in [5.74, 6) is -0.0642. The SMILES string of the molecule is [B]C[C@@H](CO)OCP(=O)(O)OCCCOCCCCCCCCCCCCCCC=C(C)F. The fraction of sp³-hybridized carbons (Fsp3) is 0.917. The van der Waals surface area contributed by atoms with Gasteiger partial charge >= 0.3 is 7.60 Å². The van der Waals surface area contributed by atoms with Crippen molar-refractivity contribution in [2.45, 2.75) is 109 Å². The van der Waals surface area contributed by atoms with Crippen LogP contribution in [0.2, 0.25) is 6.32 Å². The molecule has 2 atom stereocenters. The third-order valence-electron chi connectivity index (χ3n) is 5.33. The molecule has 0 heterocycles. The van der Waals surface area contributed by atoms with E-state index in [4.69, 9.17) is 27.0 Å². The standard InChI is InChI=1S/C24H47BFO6P/c1-23(26)16-13-11-9-7-5-3-2-4-6-8-10-12-14-17-30-18-15-19-32-33(28,29)22-31-24(20-25)21-27/h16,24,27H,2-15,17-22H2,1H3,(H,28,29)/t24-/m0/s1. The first-order valence-corrected chi connectivity index (χ1v) is 14.5. The van der Waals surface area contributed by atoms with E-state index < -0.39 is 20.0 Å². The van der Waals surface area contributed by atoms with Gasteiger partial charge < -0.3 is 24.0 Å². The average Bonchev–Trinajstić information content (AvgIpc) is 2.78. The van der Waals surface area contributed by atoms with Crippen molar-refractivity contribution in [2.24, 2.45) is 0 Å². The summed E-state index contributed by atoms with van der Waals surface area (Å²) in [6, 6.07) is 0. The van der Waals surface area contributed by atoms with Crippen LogP contribution < -0.4 is 0 Å². The topological polar surface area (TPSA) is 85.2 Å². The summed E-state index contributed by atoms with van der Waals surface area (Å²) in [6.45, 7) is 2.53. The lowest BCUT2D eigenvalue weighted by molar-refractivity contribution is 0.0394. The van der Waals surface area contributed by atoms with Crippen LogP contribution in [0.15, 0.2) is 11.9 Å². The minimum atomic E-state index is -3.83. The molecule has 9 heteroatoms. The van der Waals surface area contributed by atoms with E-state index in [1.54, 1.807) is 6.08 Å². The smallest absolute Gasteiger partial charge is 0.353 e. The highest BCUT2D eigenvalue weighted by molar-refractivity contribution is 7.52. The molecule has 2 radical (unpaired) electrons. The molecule has 0 aliphatic heterocycles. The molecule has 194 valence electrons. The normalized spacial score (nSPS) is 15.0. The van der Waals surface area contributed by atoms with Crippen molar-refractivity contribution in [1.29, 1.82) is 0 Å². The van der Waals surface area contributed by atoms with E-state index in [0.29, 0.717) is 19.6 Å². The highest BCUT2D eigenvalue weighted by atomic mass is 31.2. The highest BCUT2D eigenvalue weighted by Gasteiger charge is 2.21. The molecule has 1 unspecified atom stereocenters. The van der Waals surface area contributed by atoms with Gasteiger partial charge in [-0.15, -0.1) is 0 Å². The number of hydrogen-bond donors (Lipinski definition) is 2. The lowest BCUT2D eigenvalue weighted by atomic mass is 10.0. The van der Waals surface area contributed by atoms with Gasteiger partial charge in [0, 0.05) is 13.2 Å². The zero-order valence-corrected chi connectivity index (χ0v) is 21.6.